The van der Waals surface area contributed by atoms with E-state index in [1.807, 2.05) is 0 Å². The van der Waals surface area contributed by atoms with Crippen LogP contribution in [0.5, 0.6) is 0 Å². The Morgan fingerprint density at radius 3 is 1.90 bits per heavy atom. The molecule has 0 aromatic carbocycles. The van der Waals surface area contributed by atoms with E-state index in [9.17, 15) is 0 Å². The molecule has 0 heterocycles. The minimum atomic E-state index is -1.33. The summed E-state index contributed by atoms with van der Waals surface area (Å²) in [6, 6.07) is 0. The molecular weight excluding hydrogens is 302 g/mol. The van der Waals surface area contributed by atoms with Gasteiger partial charge in [-0.25, -0.2) is 0 Å². The number of hydrogen-bond acceptors (Lipinski definition) is 2. The molecule has 0 rings (SSSR count). The van der Waals surface area contributed by atoms with Crippen LogP contribution >= 0.6 is 0 Å². The Balaban J connectivity index is 5.20. The maximum atomic E-state index is 4.63. The van der Waals surface area contributed by atoms with Crippen LogP contribution in [-0.2, 0) is 0 Å². The Hall–Kier alpha value is -0.154. The van der Waals surface area contributed by atoms with Crippen molar-refractivity contribution in [1.82, 2.24) is 3.61 Å². The van der Waals surface area contributed by atoms with Crippen molar-refractivity contribution in [3.05, 3.63) is 11.8 Å². The molecule has 0 aromatic heterocycles. The summed E-state index contributed by atoms with van der Waals surface area (Å²) < 4.78 is 2.81. The topological polar surface area (TPSA) is 15.6 Å². The Morgan fingerprint density at radius 1 is 0.950 bits per heavy atom. The van der Waals surface area contributed by atoms with Gasteiger partial charge in [0.1, 0.15) is 0 Å². The van der Waals surface area contributed by atoms with Crippen LogP contribution in [0.1, 0.15) is 67.2 Å². The molecule has 0 unspecified atom stereocenters. The van der Waals surface area contributed by atoms with Crippen LogP contribution in [0.15, 0.2) is 16.8 Å². The van der Waals surface area contributed by atoms with E-state index in [1.54, 1.807) is 5.70 Å². The molecule has 0 aliphatic rings. The molecule has 0 radical (unpaired) electrons. The Labute approximate surface area is 133 Å². The molecule has 3 heteroatoms. The number of allylic oxidation sites excluding steroid dienone is 2. The standard InChI is InChI=1S/C11H21N2.2C3H7.Ga/c1-5-10(12-7-3)9-11(6-2)13-8-4;2*1-3-2;/h9H,5-8H2,1-4H3;2*1,3H2,2H3;/q-1;;;+1/b10-9-,13-11?;;;. The summed E-state index contributed by atoms with van der Waals surface area (Å²) in [5, 5.41) is 0. The molecule has 0 amide bonds. The van der Waals surface area contributed by atoms with Crippen molar-refractivity contribution in [2.45, 2.75) is 77.2 Å². The van der Waals surface area contributed by atoms with Gasteiger partial charge in [0.25, 0.3) is 0 Å². The van der Waals surface area contributed by atoms with Crippen LogP contribution in [0.4, 0.5) is 0 Å². The monoisotopic (exact) mass is 336 g/mol. The Morgan fingerprint density at radius 2 is 1.55 bits per heavy atom. The number of rotatable bonds is 11. The second-order valence-electron chi connectivity index (χ2n) is 5.33. The first-order chi connectivity index (χ1) is 9.68. The number of nitrogens with zero attached hydrogens (tertiary/aromatic N) is 2. The van der Waals surface area contributed by atoms with Gasteiger partial charge in [0, 0.05) is 0 Å². The average molecular weight is 337 g/mol. The maximum absolute atomic E-state index is 4.63. The molecular formula is C17H35GaN2. The van der Waals surface area contributed by atoms with Crippen molar-refractivity contribution in [3.8, 4) is 0 Å². The van der Waals surface area contributed by atoms with Crippen LogP contribution in [0.2, 0.25) is 9.95 Å². The zero-order chi connectivity index (χ0) is 15.4. The van der Waals surface area contributed by atoms with Crippen LogP contribution in [0, 0.1) is 0 Å². The summed E-state index contributed by atoms with van der Waals surface area (Å²) in [5.74, 6) is 0. The zero-order valence-corrected chi connectivity index (χ0v) is 17.1. The van der Waals surface area contributed by atoms with Gasteiger partial charge in [0.2, 0.25) is 0 Å². The molecule has 0 aromatic rings. The van der Waals surface area contributed by atoms with Crippen molar-refractivity contribution < 1.29 is 0 Å². The van der Waals surface area contributed by atoms with E-state index in [1.165, 1.54) is 35.0 Å². The summed E-state index contributed by atoms with van der Waals surface area (Å²) in [7, 11) is 0. The second-order valence-corrected chi connectivity index (χ2v) is 11.8. The molecule has 0 atom stereocenters. The van der Waals surface area contributed by atoms with E-state index in [-0.39, 0.29) is 0 Å². The molecule has 0 N–H and O–H groups in total. The van der Waals surface area contributed by atoms with Crippen LogP contribution in [0.25, 0.3) is 0 Å². The van der Waals surface area contributed by atoms with Crippen LogP contribution < -0.4 is 0 Å². The third-order valence-corrected chi connectivity index (χ3v) is 12.3. The van der Waals surface area contributed by atoms with Crippen molar-refractivity contribution in [2.24, 2.45) is 4.99 Å². The van der Waals surface area contributed by atoms with Crippen molar-refractivity contribution >= 4 is 22.2 Å². The third-order valence-electron chi connectivity index (χ3n) is 3.81. The molecule has 0 aliphatic heterocycles. The molecule has 0 fully saturated rings. The SMILES string of the molecule is CC[CH2][Ga]([CH2]CC)[N](CC)/C(=C\C(CC)=NCC)CC. The van der Waals surface area contributed by atoms with Gasteiger partial charge in [0.05, 0.1) is 0 Å². The Kier molecular flexibility index (Phi) is 12.5. The van der Waals surface area contributed by atoms with Crippen LogP contribution in [0.3, 0.4) is 0 Å². The van der Waals surface area contributed by atoms with Gasteiger partial charge in [-0.1, -0.05) is 0 Å². The quantitative estimate of drug-likeness (QED) is 0.370. The van der Waals surface area contributed by atoms with Crippen molar-refractivity contribution in [3.63, 3.8) is 0 Å². The molecule has 20 heavy (non-hydrogen) atoms. The molecule has 0 saturated heterocycles. The van der Waals surface area contributed by atoms with Crippen molar-refractivity contribution in [2.75, 3.05) is 13.1 Å². The van der Waals surface area contributed by atoms with Gasteiger partial charge in [-0.05, 0) is 0 Å². The van der Waals surface area contributed by atoms with Gasteiger partial charge >= 0.3 is 133 Å². The first-order valence-electron chi connectivity index (χ1n) is 8.68. The fourth-order valence-corrected chi connectivity index (χ4v) is 10.2. The second kappa shape index (κ2) is 12.6. The molecule has 2 nitrogen and oxygen atoms in total. The third kappa shape index (κ3) is 7.03. The summed E-state index contributed by atoms with van der Waals surface area (Å²) in [6.07, 6.45) is 7.28. The average Bonchev–Trinajstić information content (AvgIpc) is 2.46. The zero-order valence-electron chi connectivity index (χ0n) is 14.7. The predicted octanol–water partition coefficient (Wildman–Crippen LogP) is 5.28. The summed E-state index contributed by atoms with van der Waals surface area (Å²) in [5.41, 5.74) is 2.82. The van der Waals surface area contributed by atoms with Gasteiger partial charge in [-0.3, -0.25) is 0 Å². The fraction of sp³-hybridized carbons (Fsp3) is 0.824. The predicted molar refractivity (Wildman–Crippen MR) is 95.0 cm³/mol. The summed E-state index contributed by atoms with van der Waals surface area (Å²) >= 11 is -1.33. The van der Waals surface area contributed by atoms with E-state index in [4.69, 9.17) is 0 Å². The number of aliphatic imine (C=N–C) groups is 1. The van der Waals surface area contributed by atoms with Crippen LogP contribution in [-0.4, -0.2) is 38.9 Å². The van der Waals surface area contributed by atoms with E-state index >= 15 is 0 Å². The van der Waals surface area contributed by atoms with E-state index in [2.05, 4.69) is 56.2 Å². The van der Waals surface area contributed by atoms with E-state index < -0.39 is 16.5 Å². The Bertz CT molecular complexity index is 291. The van der Waals surface area contributed by atoms with E-state index in [0.717, 1.165) is 19.4 Å². The van der Waals surface area contributed by atoms with Gasteiger partial charge < -0.3 is 0 Å². The van der Waals surface area contributed by atoms with Gasteiger partial charge in [0.15, 0.2) is 0 Å². The van der Waals surface area contributed by atoms with Crippen molar-refractivity contribution in [1.29, 1.82) is 0 Å². The summed E-state index contributed by atoms with van der Waals surface area (Å²) in [4.78, 5) is 7.60. The normalized spacial score (nSPS) is 12.7. The van der Waals surface area contributed by atoms with Gasteiger partial charge in [-0.2, -0.15) is 0 Å². The summed E-state index contributed by atoms with van der Waals surface area (Å²) in [6.45, 7) is 15.7. The first kappa shape index (κ1) is 19.8. The minimum absolute atomic E-state index is 0.900. The first-order valence-corrected chi connectivity index (χ1v) is 13.2. The van der Waals surface area contributed by atoms with E-state index in [0.29, 0.717) is 0 Å². The molecule has 0 spiro atoms. The fourth-order valence-electron chi connectivity index (χ4n) is 2.86. The molecule has 0 bridgehead atoms. The molecule has 116 valence electrons. The molecule has 0 aliphatic carbocycles. The van der Waals surface area contributed by atoms with Gasteiger partial charge in [-0.15, -0.1) is 0 Å². The molecule has 0 saturated carbocycles. The number of hydrogen-bond donors (Lipinski definition) is 0.